The molecule has 0 radical (unpaired) electrons. The molecule has 0 aliphatic rings. The molecule has 0 heterocycles. The van der Waals surface area contributed by atoms with Gasteiger partial charge in [0, 0.05) is 0 Å². The first-order valence-corrected chi connectivity index (χ1v) is 20.9. The molecule has 4 rings (SSSR count). The van der Waals surface area contributed by atoms with Crippen LogP contribution < -0.4 is 18.9 Å². The van der Waals surface area contributed by atoms with Crippen LogP contribution in [0.25, 0.3) is 11.1 Å². The van der Waals surface area contributed by atoms with E-state index in [1.807, 2.05) is 52.0 Å². The van der Waals surface area contributed by atoms with Crippen molar-refractivity contribution in [1.82, 2.24) is 0 Å². The van der Waals surface area contributed by atoms with Gasteiger partial charge in [-0.25, -0.2) is 9.59 Å². The SMILES string of the molecule is CCC(C)C(=O)OCCOCCOCCOc1ccc(C(=O)Oc2ccc(-c3ccc(OC(=O)c4ccc(OCCOCCOCCOC(=O)C(C)CC)cc4)cc3)cc2)cc1. The van der Waals surface area contributed by atoms with E-state index in [0.717, 1.165) is 24.0 Å². The van der Waals surface area contributed by atoms with E-state index < -0.39 is 11.9 Å². The van der Waals surface area contributed by atoms with Crippen molar-refractivity contribution < 1.29 is 66.5 Å². The van der Waals surface area contributed by atoms with Gasteiger partial charge in [-0.2, -0.15) is 0 Å². The Hall–Kier alpha value is -5.80. The van der Waals surface area contributed by atoms with Crippen molar-refractivity contribution in [2.45, 2.75) is 40.5 Å². The lowest BCUT2D eigenvalue weighted by molar-refractivity contribution is -0.150. The summed E-state index contributed by atoms with van der Waals surface area (Å²) in [5, 5.41) is 0. The minimum absolute atomic E-state index is 0.110. The number of carbonyl (C=O) groups excluding carboxylic acids is 4. The van der Waals surface area contributed by atoms with Crippen LogP contribution in [-0.4, -0.2) is 103 Å². The Labute approximate surface area is 363 Å². The molecular weight excluding hydrogens is 801 g/mol. The molecule has 334 valence electrons. The van der Waals surface area contributed by atoms with Crippen molar-refractivity contribution in [3.63, 3.8) is 0 Å². The zero-order valence-corrected chi connectivity index (χ0v) is 36.0. The summed E-state index contributed by atoms with van der Waals surface area (Å²) in [7, 11) is 0. The lowest BCUT2D eigenvalue weighted by Crippen LogP contribution is -2.18. The summed E-state index contributed by atoms with van der Waals surface area (Å²) >= 11 is 0. The molecule has 0 amide bonds. The number of hydrogen-bond acceptors (Lipinski definition) is 14. The molecule has 2 atom stereocenters. The smallest absolute Gasteiger partial charge is 0.343 e. The van der Waals surface area contributed by atoms with Crippen LogP contribution in [0.1, 0.15) is 61.3 Å². The minimum atomic E-state index is -0.505. The van der Waals surface area contributed by atoms with Crippen LogP contribution in [0.15, 0.2) is 97.1 Å². The summed E-state index contributed by atoms with van der Waals surface area (Å²) in [6.07, 6.45) is 1.48. The highest BCUT2D eigenvalue weighted by atomic mass is 16.6. The molecule has 62 heavy (non-hydrogen) atoms. The number of esters is 4. The predicted octanol–water partition coefficient (Wildman–Crippen LogP) is 7.79. The van der Waals surface area contributed by atoms with Crippen molar-refractivity contribution in [2.24, 2.45) is 11.8 Å². The van der Waals surface area contributed by atoms with Crippen molar-refractivity contribution in [1.29, 1.82) is 0 Å². The van der Waals surface area contributed by atoms with Crippen LogP contribution >= 0.6 is 0 Å². The van der Waals surface area contributed by atoms with E-state index in [9.17, 15) is 19.2 Å². The third-order valence-corrected chi connectivity index (χ3v) is 9.35. The van der Waals surface area contributed by atoms with Gasteiger partial charge in [-0.3, -0.25) is 9.59 Å². The molecule has 0 saturated carbocycles. The molecule has 14 nitrogen and oxygen atoms in total. The van der Waals surface area contributed by atoms with Crippen molar-refractivity contribution in [3.8, 4) is 34.1 Å². The van der Waals surface area contributed by atoms with Crippen molar-refractivity contribution in [3.05, 3.63) is 108 Å². The van der Waals surface area contributed by atoms with E-state index in [0.29, 0.717) is 100 Å². The first kappa shape index (κ1) is 48.9. The second-order valence-corrected chi connectivity index (χ2v) is 14.0. The highest BCUT2D eigenvalue weighted by Crippen LogP contribution is 2.26. The van der Waals surface area contributed by atoms with Crippen LogP contribution in [0.2, 0.25) is 0 Å². The highest BCUT2D eigenvalue weighted by Gasteiger charge is 2.14. The summed E-state index contributed by atoms with van der Waals surface area (Å²) in [5.74, 6) is 0.290. The molecule has 0 saturated heterocycles. The van der Waals surface area contributed by atoms with Crippen LogP contribution in [0.4, 0.5) is 0 Å². The molecular formula is C48H58O14. The van der Waals surface area contributed by atoms with Crippen molar-refractivity contribution in [2.75, 3.05) is 79.3 Å². The van der Waals surface area contributed by atoms with Gasteiger partial charge >= 0.3 is 23.9 Å². The average molecular weight is 859 g/mol. The topological polar surface area (TPSA) is 161 Å². The lowest BCUT2D eigenvalue weighted by atomic mass is 10.1. The zero-order valence-electron chi connectivity index (χ0n) is 36.0. The number of hydrogen-bond donors (Lipinski definition) is 0. The standard InChI is InChI=1S/C48H58O14/c1-5-35(3)45(49)59-33-29-55-25-23-53-27-31-57-41-15-11-39(12-16-41)47(51)61-43-19-7-37(8-20-43)38-9-21-44(22-10-38)62-48(52)40-13-17-42(18-14-40)58-32-28-54-24-26-56-30-34-60-46(50)36(4)6-2/h7-22,35-36H,5-6,23-34H2,1-4H3. The van der Waals surface area contributed by atoms with Crippen LogP contribution in [-0.2, 0) is 38.0 Å². The summed E-state index contributed by atoms with van der Waals surface area (Å²) in [6, 6.07) is 27.5. The van der Waals surface area contributed by atoms with E-state index in [2.05, 4.69) is 0 Å². The zero-order chi connectivity index (χ0) is 44.4. The minimum Gasteiger partial charge on any atom is -0.491 e. The quantitative estimate of drug-likeness (QED) is 0.0296. The van der Waals surface area contributed by atoms with Gasteiger partial charge in [-0.05, 0) is 96.8 Å². The molecule has 2 unspecified atom stereocenters. The van der Waals surface area contributed by atoms with E-state index in [1.165, 1.54) is 0 Å². The lowest BCUT2D eigenvalue weighted by Gasteiger charge is -2.10. The van der Waals surface area contributed by atoms with Gasteiger partial charge in [0.2, 0.25) is 0 Å². The van der Waals surface area contributed by atoms with Gasteiger partial charge in [0.05, 0.1) is 75.8 Å². The van der Waals surface area contributed by atoms with Gasteiger partial charge in [0.15, 0.2) is 0 Å². The molecule has 0 fully saturated rings. The second kappa shape index (κ2) is 27.9. The first-order valence-electron chi connectivity index (χ1n) is 20.9. The van der Waals surface area contributed by atoms with Crippen LogP contribution in [0, 0.1) is 11.8 Å². The third-order valence-electron chi connectivity index (χ3n) is 9.35. The number of ether oxygens (including phenoxy) is 10. The summed E-state index contributed by atoms with van der Waals surface area (Å²) < 4.78 is 54.6. The molecule has 0 bridgehead atoms. The maximum absolute atomic E-state index is 12.8. The van der Waals surface area contributed by atoms with Crippen LogP contribution in [0.5, 0.6) is 23.0 Å². The maximum Gasteiger partial charge on any atom is 0.343 e. The average Bonchev–Trinajstić information content (AvgIpc) is 3.30. The summed E-state index contributed by atoms with van der Waals surface area (Å²) in [5.41, 5.74) is 2.50. The first-order chi connectivity index (χ1) is 30.2. The Morgan fingerprint density at radius 3 is 1.00 bits per heavy atom. The number of benzene rings is 4. The molecule has 0 aliphatic heterocycles. The second-order valence-electron chi connectivity index (χ2n) is 14.0. The van der Waals surface area contributed by atoms with Crippen LogP contribution in [0.3, 0.4) is 0 Å². The van der Waals surface area contributed by atoms with E-state index in [1.54, 1.807) is 72.8 Å². The fraction of sp³-hybridized carbons (Fsp3) is 0.417. The Bertz CT molecular complexity index is 1770. The van der Waals surface area contributed by atoms with Gasteiger partial charge in [-0.15, -0.1) is 0 Å². The Kier molecular flexibility index (Phi) is 22.0. The molecule has 4 aromatic carbocycles. The van der Waals surface area contributed by atoms with Gasteiger partial charge < -0.3 is 47.4 Å². The number of carbonyl (C=O) groups is 4. The predicted molar refractivity (Wildman–Crippen MR) is 230 cm³/mol. The number of rotatable bonds is 29. The molecule has 0 aliphatic carbocycles. The molecule has 0 aromatic heterocycles. The van der Waals surface area contributed by atoms with E-state index in [-0.39, 0.29) is 37.0 Å². The normalized spacial score (nSPS) is 11.9. The fourth-order valence-electron chi connectivity index (χ4n) is 5.24. The largest absolute Gasteiger partial charge is 0.491 e. The Morgan fingerprint density at radius 1 is 0.387 bits per heavy atom. The molecule has 4 aromatic rings. The monoisotopic (exact) mass is 858 g/mol. The maximum atomic E-state index is 12.8. The van der Waals surface area contributed by atoms with Gasteiger partial charge in [-0.1, -0.05) is 52.0 Å². The molecule has 14 heteroatoms. The fourth-order valence-corrected chi connectivity index (χ4v) is 5.24. The van der Waals surface area contributed by atoms with Crippen molar-refractivity contribution >= 4 is 23.9 Å². The highest BCUT2D eigenvalue weighted by molar-refractivity contribution is 5.92. The van der Waals surface area contributed by atoms with Gasteiger partial charge in [0.25, 0.3) is 0 Å². The van der Waals surface area contributed by atoms with E-state index >= 15 is 0 Å². The summed E-state index contributed by atoms with van der Waals surface area (Å²) in [6.45, 7) is 11.5. The molecule has 0 N–H and O–H groups in total. The third kappa shape index (κ3) is 18.0. The molecule has 0 spiro atoms. The Balaban J connectivity index is 1.07. The van der Waals surface area contributed by atoms with Gasteiger partial charge in [0.1, 0.15) is 49.4 Å². The Morgan fingerprint density at radius 2 is 0.677 bits per heavy atom. The van der Waals surface area contributed by atoms with E-state index in [4.69, 9.17) is 47.4 Å². The summed E-state index contributed by atoms with van der Waals surface area (Å²) in [4.78, 5) is 48.8.